The summed E-state index contributed by atoms with van der Waals surface area (Å²) in [6.07, 6.45) is 5.45. The number of carbonyl (C=O) groups is 3. The van der Waals surface area contributed by atoms with Crippen molar-refractivity contribution < 1.29 is 19.1 Å². The molecule has 0 unspecified atom stereocenters. The van der Waals surface area contributed by atoms with Crippen LogP contribution in [0.4, 0.5) is 0 Å². The third kappa shape index (κ3) is 5.51. The molecule has 166 valence electrons. The summed E-state index contributed by atoms with van der Waals surface area (Å²) >= 11 is 0. The van der Waals surface area contributed by atoms with Crippen LogP contribution >= 0.6 is 0 Å². The van der Waals surface area contributed by atoms with Crippen molar-refractivity contribution in [1.29, 1.82) is 0 Å². The number of pyridine rings is 1. The van der Waals surface area contributed by atoms with Crippen LogP contribution in [0.5, 0.6) is 0 Å². The van der Waals surface area contributed by atoms with Gasteiger partial charge >= 0.3 is 5.97 Å². The van der Waals surface area contributed by atoms with Crippen LogP contribution in [0, 0.1) is 19.8 Å². The largest absolute Gasteiger partial charge is 0.461 e. The van der Waals surface area contributed by atoms with Gasteiger partial charge in [0.05, 0.1) is 12.2 Å². The number of nitrogens with zero attached hydrogens (tertiary/aromatic N) is 2. The fourth-order valence-corrected chi connectivity index (χ4v) is 4.01. The van der Waals surface area contributed by atoms with Gasteiger partial charge in [-0.3, -0.25) is 14.6 Å². The molecule has 8 nitrogen and oxygen atoms in total. The number of hydrogen-bond donors (Lipinski definition) is 2. The summed E-state index contributed by atoms with van der Waals surface area (Å²) in [5.41, 5.74) is 3.13. The highest BCUT2D eigenvalue weighted by molar-refractivity contribution is 6.01. The molecule has 1 aliphatic rings. The standard InChI is InChI=1S/C23H30N4O4/c1-4-31-23(30)21-15(2)20(16(3)26-21)22(29)27-10-7-17(8-11-27)12-19(28)25-14-18-6-5-9-24-13-18/h5-6,9,13,17,26H,4,7-8,10-12,14H2,1-3H3,(H,25,28). The van der Waals surface area contributed by atoms with Gasteiger partial charge < -0.3 is 19.9 Å². The van der Waals surface area contributed by atoms with Gasteiger partial charge in [0.15, 0.2) is 0 Å². The van der Waals surface area contributed by atoms with Gasteiger partial charge in [-0.05, 0) is 56.7 Å². The normalized spacial score (nSPS) is 14.4. The predicted octanol–water partition coefficient (Wildman–Crippen LogP) is 2.76. The fourth-order valence-electron chi connectivity index (χ4n) is 4.01. The van der Waals surface area contributed by atoms with E-state index in [1.165, 1.54) is 0 Å². The molecular weight excluding hydrogens is 396 g/mol. The number of nitrogens with one attached hydrogen (secondary N) is 2. The molecule has 0 aliphatic carbocycles. The smallest absolute Gasteiger partial charge is 0.355 e. The van der Waals surface area contributed by atoms with Crippen molar-refractivity contribution in [2.24, 2.45) is 5.92 Å². The first-order valence-corrected chi connectivity index (χ1v) is 10.7. The number of aryl methyl sites for hydroxylation is 1. The first-order chi connectivity index (χ1) is 14.9. The van der Waals surface area contributed by atoms with Crippen molar-refractivity contribution in [2.75, 3.05) is 19.7 Å². The Hall–Kier alpha value is -3.16. The van der Waals surface area contributed by atoms with Gasteiger partial charge in [-0.15, -0.1) is 0 Å². The highest BCUT2D eigenvalue weighted by atomic mass is 16.5. The quantitative estimate of drug-likeness (QED) is 0.663. The molecule has 2 amide bonds. The molecule has 0 aromatic carbocycles. The van der Waals surface area contributed by atoms with E-state index in [1.54, 1.807) is 33.2 Å². The Morgan fingerprint density at radius 3 is 2.65 bits per heavy atom. The Balaban J connectivity index is 1.52. The van der Waals surface area contributed by atoms with Crippen molar-refractivity contribution in [3.05, 3.63) is 52.6 Å². The summed E-state index contributed by atoms with van der Waals surface area (Å²) in [5, 5.41) is 2.94. The minimum atomic E-state index is -0.446. The Bertz CT molecular complexity index is 931. The second kappa shape index (κ2) is 10.2. The van der Waals surface area contributed by atoms with E-state index in [0.29, 0.717) is 48.6 Å². The number of likely N-dealkylation sites (tertiary alicyclic amines) is 1. The first-order valence-electron chi connectivity index (χ1n) is 10.7. The van der Waals surface area contributed by atoms with Gasteiger partial charge in [-0.2, -0.15) is 0 Å². The average Bonchev–Trinajstić information content (AvgIpc) is 3.07. The van der Waals surface area contributed by atoms with Crippen LogP contribution in [0.1, 0.15) is 63.9 Å². The fraction of sp³-hybridized carbons (Fsp3) is 0.478. The number of ether oxygens (including phenoxy) is 1. The molecule has 0 radical (unpaired) electrons. The SMILES string of the molecule is CCOC(=O)c1[nH]c(C)c(C(=O)N2CCC(CC(=O)NCc3cccnc3)CC2)c1C. The lowest BCUT2D eigenvalue weighted by molar-refractivity contribution is -0.122. The Labute approximate surface area is 182 Å². The van der Waals surface area contributed by atoms with Gasteiger partial charge in [0, 0.05) is 44.1 Å². The number of rotatable bonds is 7. The summed E-state index contributed by atoms with van der Waals surface area (Å²) in [7, 11) is 0. The number of H-pyrrole nitrogens is 1. The van der Waals surface area contributed by atoms with E-state index in [2.05, 4.69) is 15.3 Å². The number of piperidine rings is 1. The molecule has 0 bridgehead atoms. The van der Waals surface area contributed by atoms with Gasteiger partial charge in [-0.1, -0.05) is 6.07 Å². The van der Waals surface area contributed by atoms with Crippen LogP contribution in [-0.4, -0.2) is 52.3 Å². The lowest BCUT2D eigenvalue weighted by Crippen LogP contribution is -2.40. The van der Waals surface area contributed by atoms with E-state index in [9.17, 15) is 14.4 Å². The maximum absolute atomic E-state index is 13.1. The molecule has 0 spiro atoms. The Morgan fingerprint density at radius 2 is 2.00 bits per heavy atom. The third-order valence-electron chi connectivity index (χ3n) is 5.72. The molecule has 31 heavy (non-hydrogen) atoms. The number of carbonyl (C=O) groups excluding carboxylic acids is 3. The molecule has 3 heterocycles. The second-order valence-electron chi connectivity index (χ2n) is 7.92. The lowest BCUT2D eigenvalue weighted by Gasteiger charge is -2.32. The molecule has 0 atom stereocenters. The van der Waals surface area contributed by atoms with E-state index in [4.69, 9.17) is 4.74 Å². The highest BCUT2D eigenvalue weighted by Crippen LogP contribution is 2.25. The molecule has 2 aromatic heterocycles. The summed E-state index contributed by atoms with van der Waals surface area (Å²) < 4.78 is 5.06. The third-order valence-corrected chi connectivity index (χ3v) is 5.72. The van der Waals surface area contributed by atoms with Crippen LogP contribution in [0.2, 0.25) is 0 Å². The Morgan fingerprint density at radius 1 is 1.26 bits per heavy atom. The van der Waals surface area contributed by atoms with E-state index in [0.717, 1.165) is 18.4 Å². The zero-order chi connectivity index (χ0) is 22.4. The summed E-state index contributed by atoms with van der Waals surface area (Å²) in [6.45, 7) is 7.25. The molecule has 8 heteroatoms. The minimum absolute atomic E-state index is 0.0185. The monoisotopic (exact) mass is 426 g/mol. The maximum atomic E-state index is 13.1. The van der Waals surface area contributed by atoms with Crippen LogP contribution in [0.15, 0.2) is 24.5 Å². The molecule has 1 fully saturated rings. The second-order valence-corrected chi connectivity index (χ2v) is 7.92. The number of esters is 1. The van der Waals surface area contributed by atoms with E-state index >= 15 is 0 Å². The summed E-state index contributed by atoms with van der Waals surface area (Å²) in [5.74, 6) is -0.258. The number of amides is 2. The van der Waals surface area contributed by atoms with Crippen LogP contribution < -0.4 is 5.32 Å². The zero-order valence-electron chi connectivity index (χ0n) is 18.4. The van der Waals surface area contributed by atoms with E-state index in [1.807, 2.05) is 17.0 Å². The highest BCUT2D eigenvalue weighted by Gasteiger charge is 2.29. The van der Waals surface area contributed by atoms with E-state index in [-0.39, 0.29) is 24.3 Å². The molecular formula is C23H30N4O4. The van der Waals surface area contributed by atoms with Crippen LogP contribution in [0.25, 0.3) is 0 Å². The van der Waals surface area contributed by atoms with Crippen LogP contribution in [-0.2, 0) is 16.1 Å². The maximum Gasteiger partial charge on any atom is 0.355 e. The van der Waals surface area contributed by atoms with Gasteiger partial charge in [0.1, 0.15) is 5.69 Å². The van der Waals surface area contributed by atoms with E-state index < -0.39 is 5.97 Å². The zero-order valence-corrected chi connectivity index (χ0v) is 18.4. The van der Waals surface area contributed by atoms with Crippen molar-refractivity contribution in [3.8, 4) is 0 Å². The molecule has 2 aromatic rings. The molecule has 0 saturated carbocycles. The molecule has 1 aliphatic heterocycles. The summed E-state index contributed by atoms with van der Waals surface area (Å²) in [6, 6.07) is 3.77. The average molecular weight is 427 g/mol. The first kappa shape index (κ1) is 22.5. The van der Waals surface area contributed by atoms with Crippen LogP contribution in [0.3, 0.4) is 0 Å². The molecule has 2 N–H and O–H groups in total. The van der Waals surface area contributed by atoms with Crippen molar-refractivity contribution in [3.63, 3.8) is 0 Å². The van der Waals surface area contributed by atoms with Crippen molar-refractivity contribution in [2.45, 2.75) is 46.6 Å². The number of hydrogen-bond acceptors (Lipinski definition) is 5. The van der Waals surface area contributed by atoms with Crippen molar-refractivity contribution in [1.82, 2.24) is 20.2 Å². The van der Waals surface area contributed by atoms with Crippen molar-refractivity contribution >= 4 is 17.8 Å². The van der Waals surface area contributed by atoms with Gasteiger partial charge in [0.2, 0.25) is 5.91 Å². The Kier molecular flexibility index (Phi) is 7.44. The molecule has 3 rings (SSSR count). The molecule has 1 saturated heterocycles. The topological polar surface area (TPSA) is 104 Å². The number of aromatic amines is 1. The lowest BCUT2D eigenvalue weighted by atomic mass is 9.92. The number of aromatic nitrogens is 2. The minimum Gasteiger partial charge on any atom is -0.461 e. The van der Waals surface area contributed by atoms with Gasteiger partial charge in [0.25, 0.3) is 5.91 Å². The van der Waals surface area contributed by atoms with Gasteiger partial charge in [-0.25, -0.2) is 4.79 Å². The summed E-state index contributed by atoms with van der Waals surface area (Å²) in [4.78, 5) is 46.3. The predicted molar refractivity (Wildman–Crippen MR) is 116 cm³/mol.